The molecule has 3 nitrogen and oxygen atoms in total. The third kappa shape index (κ3) is 32.1. The molecule has 0 rings (SSSR count). The Hall–Kier alpha value is -0.0900. The standard InChI is InChI=1S/C34H70O3S/c1-3-5-7-9-11-13-15-17-19-20-22-24-26-28-30-32-34-38(35,36)37-33-31-29-27-25-23-21-18-16-14-12-10-8-6-4-2/h3-34H2,1-2H3. The molecule has 230 valence electrons. The monoisotopic (exact) mass is 559 g/mol. The van der Waals surface area contributed by atoms with Crippen LogP contribution in [0, 0.1) is 0 Å². The average molecular weight is 559 g/mol. The van der Waals surface area contributed by atoms with Crippen LogP contribution in [-0.2, 0) is 14.3 Å². The first kappa shape index (κ1) is 37.9. The van der Waals surface area contributed by atoms with Gasteiger partial charge in [-0.15, -0.1) is 0 Å². The molecule has 0 saturated carbocycles. The Kier molecular flexibility index (Phi) is 31.4. The van der Waals surface area contributed by atoms with E-state index in [2.05, 4.69) is 13.8 Å². The minimum absolute atomic E-state index is 0.198. The molecule has 0 aromatic carbocycles. The molecule has 0 aromatic rings. The Labute approximate surface area is 241 Å². The molecule has 0 aliphatic heterocycles. The molecule has 0 atom stereocenters. The van der Waals surface area contributed by atoms with Gasteiger partial charge in [-0.2, -0.15) is 8.42 Å². The molecule has 4 heteroatoms. The summed E-state index contributed by atoms with van der Waals surface area (Å²) in [4.78, 5) is 0. The van der Waals surface area contributed by atoms with E-state index in [1.54, 1.807) is 0 Å². The van der Waals surface area contributed by atoms with Crippen LogP contribution in [-0.4, -0.2) is 20.8 Å². The fraction of sp³-hybridized carbons (Fsp3) is 1.00. The van der Waals surface area contributed by atoms with Crippen LogP contribution in [0.5, 0.6) is 0 Å². The van der Waals surface area contributed by atoms with Crippen molar-refractivity contribution >= 4 is 10.1 Å². The summed E-state index contributed by atoms with van der Waals surface area (Å²) >= 11 is 0. The molecule has 0 spiro atoms. The van der Waals surface area contributed by atoms with E-state index in [-0.39, 0.29) is 5.75 Å². The molecule has 0 unspecified atom stereocenters. The van der Waals surface area contributed by atoms with Gasteiger partial charge in [0.1, 0.15) is 0 Å². The summed E-state index contributed by atoms with van der Waals surface area (Å²) < 4.78 is 29.4. The van der Waals surface area contributed by atoms with Gasteiger partial charge in [0, 0.05) is 0 Å². The van der Waals surface area contributed by atoms with Gasteiger partial charge < -0.3 is 0 Å². The first-order valence-corrected chi connectivity index (χ1v) is 19.1. The summed E-state index contributed by atoms with van der Waals surface area (Å²) in [5.41, 5.74) is 0. The summed E-state index contributed by atoms with van der Waals surface area (Å²) in [5.74, 6) is 0.198. The lowest BCUT2D eigenvalue weighted by molar-refractivity contribution is 0.305. The zero-order valence-corrected chi connectivity index (χ0v) is 27.1. The van der Waals surface area contributed by atoms with Crippen LogP contribution in [0.3, 0.4) is 0 Å². The quantitative estimate of drug-likeness (QED) is 0.0594. The third-order valence-electron chi connectivity index (χ3n) is 8.01. The Balaban J connectivity index is 3.28. The molecule has 0 bridgehead atoms. The highest BCUT2D eigenvalue weighted by Crippen LogP contribution is 2.15. The fourth-order valence-electron chi connectivity index (χ4n) is 5.37. The molecule has 0 aliphatic carbocycles. The topological polar surface area (TPSA) is 43.4 Å². The molecular weight excluding hydrogens is 488 g/mol. The van der Waals surface area contributed by atoms with Crippen molar-refractivity contribution in [3.05, 3.63) is 0 Å². The summed E-state index contributed by atoms with van der Waals surface area (Å²) in [5, 5.41) is 0. The Morgan fingerprint density at radius 3 is 0.868 bits per heavy atom. The normalized spacial score (nSPS) is 11.9. The second kappa shape index (κ2) is 31.4. The number of hydrogen-bond donors (Lipinski definition) is 0. The van der Waals surface area contributed by atoms with Crippen molar-refractivity contribution in [1.29, 1.82) is 0 Å². The van der Waals surface area contributed by atoms with Gasteiger partial charge in [-0.3, -0.25) is 4.18 Å². The zero-order valence-electron chi connectivity index (χ0n) is 26.3. The van der Waals surface area contributed by atoms with E-state index in [0.717, 1.165) is 32.1 Å². The highest BCUT2D eigenvalue weighted by Gasteiger charge is 2.10. The van der Waals surface area contributed by atoms with E-state index in [0.29, 0.717) is 6.61 Å². The van der Waals surface area contributed by atoms with Crippen LogP contribution in [0.2, 0.25) is 0 Å². The van der Waals surface area contributed by atoms with Gasteiger partial charge in [0.25, 0.3) is 10.1 Å². The smallest absolute Gasteiger partial charge is 0.267 e. The predicted molar refractivity (Wildman–Crippen MR) is 170 cm³/mol. The molecule has 0 fully saturated rings. The summed E-state index contributed by atoms with van der Waals surface area (Å²) in [7, 11) is -3.32. The van der Waals surface area contributed by atoms with E-state index in [1.807, 2.05) is 0 Å². The molecule has 0 amide bonds. The van der Waals surface area contributed by atoms with Crippen molar-refractivity contribution in [3.8, 4) is 0 Å². The lowest BCUT2D eigenvalue weighted by atomic mass is 10.0. The van der Waals surface area contributed by atoms with E-state index in [9.17, 15) is 8.42 Å². The predicted octanol–water partition coefficient (Wildman–Crippen LogP) is 12.1. The van der Waals surface area contributed by atoms with Crippen molar-refractivity contribution in [2.45, 2.75) is 206 Å². The van der Waals surface area contributed by atoms with E-state index >= 15 is 0 Å². The minimum Gasteiger partial charge on any atom is -0.270 e. The first-order valence-electron chi connectivity index (χ1n) is 17.5. The lowest BCUT2D eigenvalue weighted by Crippen LogP contribution is -2.11. The van der Waals surface area contributed by atoms with Gasteiger partial charge in [-0.1, -0.05) is 194 Å². The number of unbranched alkanes of at least 4 members (excludes halogenated alkanes) is 28. The molecule has 0 heterocycles. The van der Waals surface area contributed by atoms with Crippen LogP contribution in [0.1, 0.15) is 206 Å². The highest BCUT2D eigenvalue weighted by molar-refractivity contribution is 7.86. The van der Waals surface area contributed by atoms with E-state index in [4.69, 9.17) is 4.18 Å². The van der Waals surface area contributed by atoms with Crippen molar-refractivity contribution < 1.29 is 12.6 Å². The Morgan fingerprint density at radius 1 is 0.342 bits per heavy atom. The maximum atomic E-state index is 12.1. The van der Waals surface area contributed by atoms with Crippen LogP contribution in [0.15, 0.2) is 0 Å². The third-order valence-corrected chi connectivity index (χ3v) is 9.32. The van der Waals surface area contributed by atoms with Gasteiger partial charge in [-0.25, -0.2) is 0 Å². The van der Waals surface area contributed by atoms with Gasteiger partial charge in [0.2, 0.25) is 0 Å². The van der Waals surface area contributed by atoms with Gasteiger partial charge in [0.15, 0.2) is 0 Å². The first-order chi connectivity index (χ1) is 18.6. The molecule has 38 heavy (non-hydrogen) atoms. The minimum atomic E-state index is -3.32. The molecule has 0 aromatic heterocycles. The van der Waals surface area contributed by atoms with Gasteiger partial charge >= 0.3 is 0 Å². The Bertz CT molecular complexity index is 532. The largest absolute Gasteiger partial charge is 0.270 e. The average Bonchev–Trinajstić information content (AvgIpc) is 2.90. The number of rotatable bonds is 33. The van der Waals surface area contributed by atoms with Gasteiger partial charge in [0.05, 0.1) is 12.4 Å². The molecule has 0 N–H and O–H groups in total. The second-order valence-corrected chi connectivity index (χ2v) is 13.7. The lowest BCUT2D eigenvalue weighted by Gasteiger charge is -2.06. The second-order valence-electron chi connectivity index (χ2n) is 12.0. The Morgan fingerprint density at radius 2 is 0.579 bits per heavy atom. The summed E-state index contributed by atoms with van der Waals surface area (Å²) in [6, 6.07) is 0. The number of hydrogen-bond acceptors (Lipinski definition) is 3. The van der Waals surface area contributed by atoms with Crippen LogP contribution in [0.25, 0.3) is 0 Å². The van der Waals surface area contributed by atoms with Crippen LogP contribution in [0.4, 0.5) is 0 Å². The molecule has 0 aliphatic rings. The van der Waals surface area contributed by atoms with Crippen molar-refractivity contribution in [1.82, 2.24) is 0 Å². The maximum Gasteiger partial charge on any atom is 0.267 e. The van der Waals surface area contributed by atoms with Crippen molar-refractivity contribution in [2.75, 3.05) is 12.4 Å². The van der Waals surface area contributed by atoms with Crippen molar-refractivity contribution in [2.24, 2.45) is 0 Å². The van der Waals surface area contributed by atoms with Crippen LogP contribution < -0.4 is 0 Å². The molecule has 0 radical (unpaired) electrons. The summed E-state index contributed by atoms with van der Waals surface area (Å²) in [6.07, 6.45) is 39.2. The van der Waals surface area contributed by atoms with E-state index in [1.165, 1.54) is 161 Å². The fourth-order valence-corrected chi connectivity index (χ4v) is 6.42. The van der Waals surface area contributed by atoms with Crippen molar-refractivity contribution in [3.63, 3.8) is 0 Å². The summed E-state index contributed by atoms with van der Waals surface area (Å²) in [6.45, 7) is 4.93. The van der Waals surface area contributed by atoms with E-state index < -0.39 is 10.1 Å². The highest BCUT2D eigenvalue weighted by atomic mass is 32.2. The zero-order chi connectivity index (χ0) is 27.8. The van der Waals surface area contributed by atoms with Gasteiger partial charge in [-0.05, 0) is 12.8 Å². The SMILES string of the molecule is CCCCCCCCCCCCCCCCCCS(=O)(=O)OCCCCCCCCCCCCCCCC. The molecule has 0 saturated heterocycles. The molecular formula is C34H70O3S. The maximum absolute atomic E-state index is 12.1. The van der Waals surface area contributed by atoms with Crippen LogP contribution >= 0.6 is 0 Å².